The average molecular weight is 332 g/mol. The molecule has 1 atom stereocenters. The van der Waals surface area contributed by atoms with Crippen LogP contribution in [0, 0.1) is 11.3 Å². The van der Waals surface area contributed by atoms with Gasteiger partial charge in [0.2, 0.25) is 0 Å². The molecular formula is C24H29N. The molecule has 2 aromatic rings. The second-order valence-corrected chi connectivity index (χ2v) is 9.30. The summed E-state index contributed by atoms with van der Waals surface area (Å²) >= 11 is 0. The maximum absolute atomic E-state index is 3.76. The highest BCUT2D eigenvalue weighted by atomic mass is 14.9. The Bertz CT molecular complexity index is 877. The van der Waals surface area contributed by atoms with Gasteiger partial charge in [0, 0.05) is 16.8 Å². The maximum Gasteiger partial charge on any atom is 0.0385 e. The Morgan fingerprint density at radius 1 is 0.960 bits per heavy atom. The number of anilines is 1. The minimum absolute atomic E-state index is 0.0656. The summed E-state index contributed by atoms with van der Waals surface area (Å²) in [5.41, 5.74) is 10.2. The molecule has 0 radical (unpaired) electrons. The summed E-state index contributed by atoms with van der Waals surface area (Å²) in [4.78, 5) is 0. The van der Waals surface area contributed by atoms with Gasteiger partial charge in [0.1, 0.15) is 0 Å². The zero-order chi connectivity index (χ0) is 18.0. The monoisotopic (exact) mass is 331 g/mol. The molecule has 0 fully saturated rings. The molecule has 0 amide bonds. The molecular weight excluding hydrogens is 302 g/mol. The summed E-state index contributed by atoms with van der Waals surface area (Å²) in [5.74, 6) is 0.632. The van der Waals surface area contributed by atoms with E-state index in [0.717, 1.165) is 0 Å². The molecule has 0 saturated heterocycles. The van der Waals surface area contributed by atoms with Crippen molar-refractivity contribution >= 4 is 5.69 Å². The van der Waals surface area contributed by atoms with Crippen LogP contribution in [-0.2, 0) is 5.41 Å². The molecule has 0 aliphatic heterocycles. The number of benzene rings is 2. The summed E-state index contributed by atoms with van der Waals surface area (Å²) in [5, 5.41) is 3.76. The van der Waals surface area contributed by atoms with Crippen LogP contribution in [0.3, 0.4) is 0 Å². The van der Waals surface area contributed by atoms with Crippen molar-refractivity contribution in [2.24, 2.45) is 11.3 Å². The first-order chi connectivity index (χ1) is 11.7. The highest BCUT2D eigenvalue weighted by Crippen LogP contribution is 2.50. The van der Waals surface area contributed by atoms with Crippen molar-refractivity contribution in [1.29, 1.82) is 0 Å². The topological polar surface area (TPSA) is 12.0 Å². The fraction of sp³-hybridized carbons (Fsp3) is 0.417. The van der Waals surface area contributed by atoms with Crippen molar-refractivity contribution in [2.45, 2.75) is 53.4 Å². The van der Waals surface area contributed by atoms with E-state index in [1.807, 2.05) is 0 Å². The Morgan fingerprint density at radius 3 is 2.32 bits per heavy atom. The standard InChI is InChI=1S/C24H29N/c1-15-13-21(23(2,3)4)22(15)25-16-11-12-18-17-9-7-8-10-19(17)24(5,6)20(18)14-16/h7-12,14-15,25H,13H2,1-6H3/t15-/m1/s1. The lowest BCUT2D eigenvalue weighted by atomic mass is 9.70. The van der Waals surface area contributed by atoms with E-state index in [-0.39, 0.29) is 10.8 Å². The summed E-state index contributed by atoms with van der Waals surface area (Å²) in [6.07, 6.45) is 1.22. The molecule has 2 aliphatic rings. The van der Waals surface area contributed by atoms with E-state index in [1.165, 1.54) is 40.1 Å². The Morgan fingerprint density at radius 2 is 1.64 bits per heavy atom. The molecule has 0 aromatic heterocycles. The van der Waals surface area contributed by atoms with E-state index < -0.39 is 0 Å². The third-order valence-electron chi connectivity index (χ3n) is 6.10. The Balaban J connectivity index is 1.74. The highest BCUT2D eigenvalue weighted by molar-refractivity contribution is 5.82. The smallest absolute Gasteiger partial charge is 0.0385 e. The molecule has 0 unspecified atom stereocenters. The zero-order valence-corrected chi connectivity index (χ0v) is 16.3. The molecule has 0 spiro atoms. The van der Waals surface area contributed by atoms with E-state index in [0.29, 0.717) is 5.92 Å². The molecule has 2 aliphatic carbocycles. The number of fused-ring (bicyclic) bond motifs is 3. The van der Waals surface area contributed by atoms with Crippen molar-refractivity contribution < 1.29 is 0 Å². The van der Waals surface area contributed by atoms with Crippen LogP contribution in [0.15, 0.2) is 53.7 Å². The van der Waals surface area contributed by atoms with Crippen molar-refractivity contribution in [3.63, 3.8) is 0 Å². The van der Waals surface area contributed by atoms with Crippen molar-refractivity contribution in [3.8, 4) is 11.1 Å². The molecule has 1 N–H and O–H groups in total. The Hall–Kier alpha value is -2.02. The Labute approximate surface area is 152 Å². The fourth-order valence-corrected chi connectivity index (χ4v) is 4.53. The Kier molecular flexibility index (Phi) is 3.45. The molecule has 2 aromatic carbocycles. The van der Waals surface area contributed by atoms with E-state index in [2.05, 4.69) is 89.3 Å². The first-order valence-electron chi connectivity index (χ1n) is 9.44. The summed E-state index contributed by atoms with van der Waals surface area (Å²) in [6.45, 7) is 14.0. The van der Waals surface area contributed by atoms with Gasteiger partial charge in [0.15, 0.2) is 0 Å². The van der Waals surface area contributed by atoms with Crippen LogP contribution in [0.25, 0.3) is 11.1 Å². The van der Waals surface area contributed by atoms with Gasteiger partial charge in [-0.05, 0) is 57.7 Å². The van der Waals surface area contributed by atoms with Gasteiger partial charge in [0.05, 0.1) is 0 Å². The lowest BCUT2D eigenvalue weighted by Gasteiger charge is -2.39. The predicted molar refractivity (Wildman–Crippen MR) is 108 cm³/mol. The van der Waals surface area contributed by atoms with Gasteiger partial charge in [-0.1, -0.05) is 71.9 Å². The zero-order valence-electron chi connectivity index (χ0n) is 16.3. The van der Waals surface area contributed by atoms with Crippen LogP contribution < -0.4 is 5.32 Å². The van der Waals surface area contributed by atoms with Gasteiger partial charge in [-0.2, -0.15) is 0 Å². The second-order valence-electron chi connectivity index (χ2n) is 9.30. The van der Waals surface area contributed by atoms with Crippen molar-refractivity contribution in [3.05, 3.63) is 64.9 Å². The number of nitrogens with one attached hydrogen (secondary N) is 1. The molecule has 4 rings (SSSR count). The van der Waals surface area contributed by atoms with Gasteiger partial charge in [-0.15, -0.1) is 0 Å². The lowest BCUT2D eigenvalue weighted by molar-refractivity contribution is 0.405. The van der Waals surface area contributed by atoms with Gasteiger partial charge in [-0.25, -0.2) is 0 Å². The molecule has 1 heteroatoms. The van der Waals surface area contributed by atoms with E-state index >= 15 is 0 Å². The van der Waals surface area contributed by atoms with Crippen LogP contribution >= 0.6 is 0 Å². The maximum atomic E-state index is 3.76. The second kappa shape index (κ2) is 5.24. The minimum Gasteiger partial charge on any atom is -0.359 e. The third-order valence-corrected chi connectivity index (χ3v) is 6.10. The van der Waals surface area contributed by atoms with E-state index in [9.17, 15) is 0 Å². The summed E-state index contributed by atoms with van der Waals surface area (Å²) in [6, 6.07) is 15.7. The van der Waals surface area contributed by atoms with Gasteiger partial charge < -0.3 is 5.32 Å². The van der Waals surface area contributed by atoms with E-state index in [1.54, 1.807) is 5.57 Å². The van der Waals surface area contributed by atoms with Crippen LogP contribution in [0.4, 0.5) is 5.69 Å². The number of hydrogen-bond donors (Lipinski definition) is 1. The molecule has 0 saturated carbocycles. The molecule has 0 bridgehead atoms. The first kappa shape index (κ1) is 16.4. The van der Waals surface area contributed by atoms with Gasteiger partial charge >= 0.3 is 0 Å². The largest absolute Gasteiger partial charge is 0.359 e. The first-order valence-corrected chi connectivity index (χ1v) is 9.44. The molecule has 0 heterocycles. The van der Waals surface area contributed by atoms with Gasteiger partial charge in [0.25, 0.3) is 0 Å². The summed E-state index contributed by atoms with van der Waals surface area (Å²) < 4.78 is 0. The fourth-order valence-electron chi connectivity index (χ4n) is 4.53. The van der Waals surface area contributed by atoms with Gasteiger partial charge in [-0.3, -0.25) is 0 Å². The average Bonchev–Trinajstić information content (AvgIpc) is 2.78. The molecule has 130 valence electrons. The minimum atomic E-state index is 0.0656. The highest BCUT2D eigenvalue weighted by Gasteiger charge is 2.36. The molecule has 1 nitrogen and oxygen atoms in total. The van der Waals surface area contributed by atoms with Crippen molar-refractivity contribution in [2.75, 3.05) is 5.32 Å². The quantitative estimate of drug-likeness (QED) is 0.642. The third kappa shape index (κ3) is 2.44. The normalized spacial score (nSPS) is 20.8. The molecule has 25 heavy (non-hydrogen) atoms. The predicted octanol–water partition coefficient (Wildman–Crippen LogP) is 6.74. The SMILES string of the molecule is C[C@@H]1CC(C(C)(C)C)=C1Nc1ccc2c(c1)C(C)(C)c1ccccc1-2. The summed E-state index contributed by atoms with van der Waals surface area (Å²) in [7, 11) is 0. The van der Waals surface area contributed by atoms with Crippen LogP contribution in [0.1, 0.15) is 59.1 Å². The number of hydrogen-bond acceptors (Lipinski definition) is 1. The van der Waals surface area contributed by atoms with E-state index in [4.69, 9.17) is 0 Å². The number of rotatable bonds is 2. The lowest BCUT2D eigenvalue weighted by Crippen LogP contribution is -2.29. The van der Waals surface area contributed by atoms with Crippen LogP contribution in [0.2, 0.25) is 0 Å². The number of allylic oxidation sites excluding steroid dienone is 2. The van der Waals surface area contributed by atoms with Crippen molar-refractivity contribution in [1.82, 2.24) is 0 Å². The van der Waals surface area contributed by atoms with Crippen LogP contribution in [-0.4, -0.2) is 0 Å². The van der Waals surface area contributed by atoms with Crippen LogP contribution in [0.5, 0.6) is 0 Å².